The number of anilines is 1. The largest absolute Gasteiger partial charge is 0.480 e. The fraction of sp³-hybridized carbons (Fsp3) is 0.258. The number of β-lactam (4-membered cyclic amide) rings is 1. The fourth-order valence-corrected chi connectivity index (χ4v) is 7.56. The van der Waals surface area contributed by atoms with E-state index in [4.69, 9.17) is 0 Å². The van der Waals surface area contributed by atoms with E-state index in [1.54, 1.807) is 50.2 Å². The van der Waals surface area contributed by atoms with Gasteiger partial charge in [-0.25, -0.2) is 4.79 Å². The Balaban J connectivity index is 1.15. The molecule has 3 aromatic carbocycles. The van der Waals surface area contributed by atoms with Crippen LogP contribution in [-0.2, 0) is 30.4 Å². The van der Waals surface area contributed by atoms with E-state index < -0.39 is 57.8 Å². The van der Waals surface area contributed by atoms with E-state index in [1.807, 2.05) is 30.3 Å². The van der Waals surface area contributed by atoms with Crippen molar-refractivity contribution in [3.05, 3.63) is 89.5 Å². The van der Waals surface area contributed by atoms with E-state index in [1.165, 1.54) is 22.2 Å². The summed E-state index contributed by atoms with van der Waals surface area (Å²) in [5, 5.41) is 16.9. The number of thioether (sulfide) groups is 1. The number of hydrogen-bond donors (Lipinski definition) is 4. The average Bonchev–Trinajstić information content (AvgIpc) is 3.46. The maximum absolute atomic E-state index is 13.5. The first kappa shape index (κ1) is 27.5. The molecule has 1 unspecified atom stereocenters. The van der Waals surface area contributed by atoms with Gasteiger partial charge in [-0.05, 0) is 60.2 Å². The molecule has 11 heteroatoms. The quantitative estimate of drug-likeness (QED) is 0.201. The second-order valence-corrected chi connectivity index (χ2v) is 12.8. The van der Waals surface area contributed by atoms with Crippen molar-refractivity contribution in [1.29, 1.82) is 0 Å². The van der Waals surface area contributed by atoms with Gasteiger partial charge in [-0.3, -0.25) is 19.2 Å². The summed E-state index contributed by atoms with van der Waals surface area (Å²) in [6.07, 6.45) is 0.721. The molecule has 4 N–H and O–H groups in total. The summed E-state index contributed by atoms with van der Waals surface area (Å²) in [6.45, 7) is 3.48. The second kappa shape index (κ2) is 10.3. The summed E-state index contributed by atoms with van der Waals surface area (Å²) < 4.78 is -0.753. The van der Waals surface area contributed by atoms with Gasteiger partial charge in [-0.2, -0.15) is 0 Å². The first-order valence-corrected chi connectivity index (χ1v) is 14.3. The molecule has 42 heavy (non-hydrogen) atoms. The van der Waals surface area contributed by atoms with E-state index in [2.05, 4.69) is 22.0 Å². The van der Waals surface area contributed by atoms with Gasteiger partial charge in [-0.1, -0.05) is 60.7 Å². The van der Waals surface area contributed by atoms with Crippen LogP contribution in [0.25, 0.3) is 11.1 Å². The van der Waals surface area contributed by atoms with Crippen LogP contribution < -0.4 is 16.0 Å². The Morgan fingerprint density at radius 3 is 2.36 bits per heavy atom. The summed E-state index contributed by atoms with van der Waals surface area (Å²) >= 11 is 1.30. The first-order chi connectivity index (χ1) is 20.0. The van der Waals surface area contributed by atoms with Gasteiger partial charge in [0.1, 0.15) is 23.5 Å². The van der Waals surface area contributed by atoms with E-state index >= 15 is 0 Å². The zero-order valence-electron chi connectivity index (χ0n) is 22.8. The van der Waals surface area contributed by atoms with E-state index in [9.17, 15) is 29.1 Å². The van der Waals surface area contributed by atoms with Crippen LogP contribution in [0.2, 0.25) is 0 Å². The Morgan fingerprint density at radius 2 is 1.62 bits per heavy atom. The molecule has 0 radical (unpaired) electrons. The molecule has 0 bridgehead atoms. The van der Waals surface area contributed by atoms with Crippen LogP contribution >= 0.6 is 11.8 Å². The molecule has 3 aromatic rings. The topological polar surface area (TPSA) is 145 Å². The molecule has 214 valence electrons. The molecule has 0 spiro atoms. The third-order valence-corrected chi connectivity index (χ3v) is 9.47. The molecule has 0 aromatic heterocycles. The number of nitrogens with one attached hydrogen (secondary N) is 3. The van der Waals surface area contributed by atoms with Crippen LogP contribution in [-0.4, -0.2) is 61.8 Å². The molecular formula is C31H28N4O6S. The van der Waals surface area contributed by atoms with Crippen molar-refractivity contribution < 1.29 is 29.1 Å². The number of rotatable bonds is 6. The second-order valence-electron chi connectivity index (χ2n) is 11.1. The van der Waals surface area contributed by atoms with Crippen LogP contribution in [0.15, 0.2) is 72.8 Å². The van der Waals surface area contributed by atoms with E-state index in [0.29, 0.717) is 11.3 Å². The fourth-order valence-electron chi connectivity index (χ4n) is 5.94. The smallest absolute Gasteiger partial charge is 0.327 e. The van der Waals surface area contributed by atoms with Crippen LogP contribution in [0.5, 0.6) is 0 Å². The monoisotopic (exact) mass is 584 g/mol. The molecule has 1 aliphatic carbocycles. The van der Waals surface area contributed by atoms with Crippen molar-refractivity contribution in [2.24, 2.45) is 0 Å². The van der Waals surface area contributed by atoms with Gasteiger partial charge in [0, 0.05) is 10.4 Å². The van der Waals surface area contributed by atoms with Crippen LogP contribution in [0, 0.1) is 0 Å². The van der Waals surface area contributed by atoms with Crippen molar-refractivity contribution in [1.82, 2.24) is 15.5 Å². The number of carbonyl (C=O) groups is 5. The number of carbonyl (C=O) groups excluding carboxylic acids is 4. The first-order valence-electron chi connectivity index (χ1n) is 13.5. The highest BCUT2D eigenvalue weighted by atomic mass is 32.2. The standard InChI is InChI=1S/C31H28N4O6S/c1-31(2)24(30(40)41)35-28(39)23(29(35)42-31)34-25(36)22(16-8-4-3-5-9-16)33-27(38)26(37)32-19-12-13-21-18(15-19)14-17-10-6-7-11-20(17)21/h3-13,15,22-24,29H,14H2,1-2H3,(H,32,37)(H,33,38)(H,34,36)(H,40,41)/t22?,23-,24+,29-/m1/s1. The molecule has 0 saturated carbocycles. The van der Waals surface area contributed by atoms with Gasteiger partial charge in [-0.15, -0.1) is 11.8 Å². The Kier molecular flexibility index (Phi) is 6.77. The van der Waals surface area contributed by atoms with Gasteiger partial charge in [0.2, 0.25) is 11.8 Å². The number of carboxylic acids is 1. The SMILES string of the molecule is CC1(C)S[C@@H]2[C@H](NC(=O)C(NC(=O)C(=O)Nc3ccc4c(c3)Cc3ccccc3-4)c3ccccc3)C(=O)N2[C@H]1C(=O)O. The van der Waals surface area contributed by atoms with Gasteiger partial charge in [0.05, 0.1) is 0 Å². The molecular weight excluding hydrogens is 556 g/mol. The maximum atomic E-state index is 13.5. The predicted octanol–water partition coefficient (Wildman–Crippen LogP) is 2.69. The Hall–Kier alpha value is -4.64. The third kappa shape index (κ3) is 4.69. The van der Waals surface area contributed by atoms with Gasteiger partial charge >= 0.3 is 17.8 Å². The minimum absolute atomic E-state index is 0.415. The van der Waals surface area contributed by atoms with Crippen LogP contribution in [0.3, 0.4) is 0 Å². The molecule has 3 aliphatic rings. The highest BCUT2D eigenvalue weighted by Crippen LogP contribution is 2.50. The molecule has 2 heterocycles. The zero-order valence-corrected chi connectivity index (χ0v) is 23.6. The summed E-state index contributed by atoms with van der Waals surface area (Å²) in [5.41, 5.74) is 5.32. The Labute approximate surface area is 245 Å². The normalized spacial score (nSPS) is 21.7. The van der Waals surface area contributed by atoms with Crippen molar-refractivity contribution >= 4 is 47.0 Å². The number of amides is 4. The maximum Gasteiger partial charge on any atom is 0.327 e. The lowest BCUT2D eigenvalue weighted by atomic mass is 9.95. The van der Waals surface area contributed by atoms with Gasteiger partial charge in [0.15, 0.2) is 0 Å². The predicted molar refractivity (Wildman–Crippen MR) is 156 cm³/mol. The van der Waals surface area contributed by atoms with Crippen molar-refractivity contribution in [2.75, 3.05) is 5.32 Å². The molecule has 4 atom stereocenters. The van der Waals surface area contributed by atoms with Crippen LogP contribution in [0.1, 0.15) is 36.6 Å². The minimum atomic E-state index is -1.27. The lowest BCUT2D eigenvalue weighted by Crippen LogP contribution is -2.71. The highest BCUT2D eigenvalue weighted by Gasteiger charge is 2.64. The van der Waals surface area contributed by atoms with Gasteiger partial charge < -0.3 is 26.0 Å². The number of aliphatic carboxylic acids is 1. The summed E-state index contributed by atoms with van der Waals surface area (Å²) in [4.78, 5) is 65.4. The zero-order chi connectivity index (χ0) is 29.8. The number of nitrogens with zero attached hydrogens (tertiary/aromatic N) is 1. The van der Waals surface area contributed by atoms with Gasteiger partial charge in [0.25, 0.3) is 0 Å². The summed E-state index contributed by atoms with van der Waals surface area (Å²) in [6, 6.07) is 18.7. The summed E-state index contributed by atoms with van der Waals surface area (Å²) in [7, 11) is 0. The number of hydrogen-bond acceptors (Lipinski definition) is 6. The molecule has 10 nitrogen and oxygen atoms in total. The highest BCUT2D eigenvalue weighted by molar-refractivity contribution is 8.01. The lowest BCUT2D eigenvalue weighted by molar-refractivity contribution is -0.161. The van der Waals surface area contributed by atoms with Crippen molar-refractivity contribution in [3.8, 4) is 11.1 Å². The third-order valence-electron chi connectivity index (χ3n) is 7.90. The molecule has 6 rings (SSSR count). The lowest BCUT2D eigenvalue weighted by Gasteiger charge is -2.44. The van der Waals surface area contributed by atoms with E-state index in [0.717, 1.165) is 23.1 Å². The number of fused-ring (bicyclic) bond motifs is 4. The molecule has 2 aliphatic heterocycles. The minimum Gasteiger partial charge on any atom is -0.480 e. The Bertz CT molecular complexity index is 1640. The molecule has 2 fully saturated rings. The van der Waals surface area contributed by atoms with E-state index in [-0.39, 0.29) is 0 Å². The average molecular weight is 585 g/mol. The number of carboxylic acid groups (broad SMARTS) is 1. The molecule has 2 saturated heterocycles. The molecule has 4 amide bonds. The van der Waals surface area contributed by atoms with Crippen molar-refractivity contribution in [2.45, 2.75) is 48.5 Å². The van der Waals surface area contributed by atoms with Crippen molar-refractivity contribution in [3.63, 3.8) is 0 Å². The van der Waals surface area contributed by atoms with Crippen LogP contribution in [0.4, 0.5) is 5.69 Å². The summed E-state index contributed by atoms with van der Waals surface area (Å²) in [5.74, 6) is -4.27. The Morgan fingerprint density at radius 1 is 0.929 bits per heavy atom. The number of benzene rings is 3.